The number of anilines is 1. The Balaban J connectivity index is 1.78. The maximum absolute atomic E-state index is 13.1. The molecule has 3 aromatic rings. The van der Waals surface area contributed by atoms with Crippen LogP contribution in [0.25, 0.3) is 0 Å². The van der Waals surface area contributed by atoms with Crippen LogP contribution in [0.15, 0.2) is 60.9 Å². The molecule has 2 amide bonds. The fourth-order valence-corrected chi connectivity index (χ4v) is 3.41. The molecule has 30 heavy (non-hydrogen) atoms. The van der Waals surface area contributed by atoms with Gasteiger partial charge in [-0.1, -0.05) is 55.8 Å². The number of carbonyl (C=O) groups is 1. The zero-order valence-corrected chi connectivity index (χ0v) is 18.3. The van der Waals surface area contributed by atoms with E-state index in [1.165, 1.54) is 0 Å². The van der Waals surface area contributed by atoms with E-state index in [-0.39, 0.29) is 6.03 Å². The van der Waals surface area contributed by atoms with Gasteiger partial charge in [-0.25, -0.2) is 9.78 Å². The lowest BCUT2D eigenvalue weighted by Crippen LogP contribution is -2.38. The minimum Gasteiger partial charge on any atom is -0.495 e. The highest BCUT2D eigenvalue weighted by atomic mass is 35.5. The van der Waals surface area contributed by atoms with Crippen LogP contribution in [0, 0.1) is 5.92 Å². The van der Waals surface area contributed by atoms with E-state index in [9.17, 15) is 4.79 Å². The molecule has 158 valence electrons. The third kappa shape index (κ3) is 5.54. The van der Waals surface area contributed by atoms with Crippen molar-refractivity contribution in [2.24, 2.45) is 5.92 Å². The summed E-state index contributed by atoms with van der Waals surface area (Å²) in [6.45, 7) is 5.74. The molecule has 0 atom stereocenters. The van der Waals surface area contributed by atoms with E-state index in [1.54, 1.807) is 18.2 Å². The number of ether oxygens (including phenoxy) is 1. The predicted molar refractivity (Wildman–Crippen MR) is 120 cm³/mol. The summed E-state index contributed by atoms with van der Waals surface area (Å²) < 4.78 is 7.37. The third-order valence-electron chi connectivity index (χ3n) is 4.65. The van der Waals surface area contributed by atoms with Gasteiger partial charge in [0.2, 0.25) is 0 Å². The van der Waals surface area contributed by atoms with Crippen molar-refractivity contribution in [1.29, 1.82) is 0 Å². The number of methoxy groups -OCH3 is 1. The van der Waals surface area contributed by atoms with Gasteiger partial charge in [-0.3, -0.25) is 0 Å². The first-order valence-electron chi connectivity index (χ1n) is 9.90. The second-order valence-electron chi connectivity index (χ2n) is 7.47. The molecule has 0 saturated heterocycles. The second-order valence-corrected chi connectivity index (χ2v) is 7.87. The standard InChI is InChI=1S/C23H27ClN4O2/c1-17(2)14-28(23(29)26-20-10-6-7-11-21(20)30-3)16-22-25-12-13-27(22)15-18-8-4-5-9-19(18)24/h4-13,17H,14-16H2,1-3H3,(H,26,29). The van der Waals surface area contributed by atoms with Crippen LogP contribution in [0.3, 0.4) is 0 Å². The molecule has 0 fully saturated rings. The molecule has 3 rings (SSSR count). The van der Waals surface area contributed by atoms with Crippen molar-refractivity contribution in [3.8, 4) is 5.75 Å². The largest absolute Gasteiger partial charge is 0.495 e. The Morgan fingerprint density at radius 1 is 1.20 bits per heavy atom. The highest BCUT2D eigenvalue weighted by molar-refractivity contribution is 6.31. The fourth-order valence-electron chi connectivity index (χ4n) is 3.22. The average molecular weight is 427 g/mol. The maximum Gasteiger partial charge on any atom is 0.322 e. The number of carbonyl (C=O) groups excluding carboxylic acids is 1. The Hall–Kier alpha value is -2.99. The van der Waals surface area contributed by atoms with Crippen molar-refractivity contribution in [2.45, 2.75) is 26.9 Å². The van der Waals surface area contributed by atoms with E-state index in [2.05, 4.69) is 24.1 Å². The smallest absolute Gasteiger partial charge is 0.322 e. The molecule has 0 spiro atoms. The molecule has 0 bridgehead atoms. The van der Waals surface area contributed by atoms with Crippen molar-refractivity contribution in [2.75, 3.05) is 19.0 Å². The van der Waals surface area contributed by atoms with Gasteiger partial charge in [0.05, 0.1) is 25.9 Å². The number of rotatable bonds is 8. The SMILES string of the molecule is COc1ccccc1NC(=O)N(Cc1nccn1Cc1ccccc1Cl)CC(C)C. The lowest BCUT2D eigenvalue weighted by Gasteiger charge is -2.25. The summed E-state index contributed by atoms with van der Waals surface area (Å²) in [5.74, 6) is 1.72. The number of amides is 2. The second kappa shape index (κ2) is 10.2. The van der Waals surface area contributed by atoms with E-state index in [4.69, 9.17) is 16.3 Å². The molecule has 0 aliphatic carbocycles. The normalized spacial score (nSPS) is 10.8. The molecule has 0 aliphatic heterocycles. The minimum atomic E-state index is -0.194. The van der Waals surface area contributed by atoms with E-state index in [0.29, 0.717) is 42.0 Å². The summed E-state index contributed by atoms with van der Waals surface area (Å²) in [6.07, 6.45) is 3.65. The molecule has 1 N–H and O–H groups in total. The summed E-state index contributed by atoms with van der Waals surface area (Å²) in [5.41, 5.74) is 1.64. The Bertz CT molecular complexity index is 987. The lowest BCUT2D eigenvalue weighted by molar-refractivity contribution is 0.199. The molecule has 0 radical (unpaired) electrons. The number of hydrogen-bond donors (Lipinski definition) is 1. The van der Waals surface area contributed by atoms with Crippen LogP contribution in [0.4, 0.5) is 10.5 Å². The molecule has 0 aliphatic rings. The first kappa shape index (κ1) is 21.7. The number of hydrogen-bond acceptors (Lipinski definition) is 3. The van der Waals surface area contributed by atoms with Gasteiger partial charge in [0.25, 0.3) is 0 Å². The zero-order chi connectivity index (χ0) is 21.5. The number of para-hydroxylation sites is 2. The van der Waals surface area contributed by atoms with Gasteiger partial charge in [-0.2, -0.15) is 0 Å². The molecule has 0 saturated carbocycles. The van der Waals surface area contributed by atoms with Gasteiger partial charge in [-0.05, 0) is 29.7 Å². The highest BCUT2D eigenvalue weighted by Crippen LogP contribution is 2.24. The Labute approximate surface area is 182 Å². The van der Waals surface area contributed by atoms with Crippen LogP contribution in [0.1, 0.15) is 25.2 Å². The summed E-state index contributed by atoms with van der Waals surface area (Å²) in [6, 6.07) is 14.9. The van der Waals surface area contributed by atoms with Crippen LogP contribution in [0.2, 0.25) is 5.02 Å². The minimum absolute atomic E-state index is 0.194. The third-order valence-corrected chi connectivity index (χ3v) is 5.02. The number of benzene rings is 2. The lowest BCUT2D eigenvalue weighted by atomic mass is 10.2. The van der Waals surface area contributed by atoms with Gasteiger partial charge in [0, 0.05) is 24.0 Å². The molecule has 0 unspecified atom stereocenters. The van der Waals surface area contributed by atoms with Crippen molar-refractivity contribution in [1.82, 2.24) is 14.5 Å². The topological polar surface area (TPSA) is 59.4 Å². The van der Waals surface area contributed by atoms with E-state index in [0.717, 1.165) is 11.4 Å². The van der Waals surface area contributed by atoms with E-state index in [1.807, 2.05) is 59.3 Å². The number of aromatic nitrogens is 2. The molecule has 1 aromatic heterocycles. The Kier molecular flexibility index (Phi) is 7.36. The predicted octanol–water partition coefficient (Wildman–Crippen LogP) is 5.28. The number of nitrogens with one attached hydrogen (secondary N) is 1. The Morgan fingerprint density at radius 2 is 1.93 bits per heavy atom. The number of urea groups is 1. The molecular formula is C23H27ClN4O2. The number of halogens is 1. The molecule has 7 heteroatoms. The molecular weight excluding hydrogens is 400 g/mol. The summed E-state index contributed by atoms with van der Waals surface area (Å²) in [5, 5.41) is 3.67. The molecule has 1 heterocycles. The van der Waals surface area contributed by atoms with Crippen molar-refractivity contribution in [3.63, 3.8) is 0 Å². The van der Waals surface area contributed by atoms with E-state index < -0.39 is 0 Å². The van der Waals surface area contributed by atoms with Crippen LogP contribution in [-0.4, -0.2) is 34.1 Å². The van der Waals surface area contributed by atoms with Crippen molar-refractivity contribution in [3.05, 3.63) is 77.3 Å². The van der Waals surface area contributed by atoms with Crippen LogP contribution >= 0.6 is 11.6 Å². The van der Waals surface area contributed by atoms with Gasteiger partial charge >= 0.3 is 6.03 Å². The maximum atomic E-state index is 13.1. The highest BCUT2D eigenvalue weighted by Gasteiger charge is 2.19. The first-order chi connectivity index (χ1) is 14.5. The van der Waals surface area contributed by atoms with Crippen molar-refractivity contribution < 1.29 is 9.53 Å². The monoisotopic (exact) mass is 426 g/mol. The van der Waals surface area contributed by atoms with Crippen LogP contribution in [-0.2, 0) is 13.1 Å². The number of nitrogens with zero attached hydrogens (tertiary/aromatic N) is 3. The molecule has 6 nitrogen and oxygen atoms in total. The zero-order valence-electron chi connectivity index (χ0n) is 17.5. The van der Waals surface area contributed by atoms with E-state index >= 15 is 0 Å². The first-order valence-corrected chi connectivity index (χ1v) is 10.3. The average Bonchev–Trinajstić information content (AvgIpc) is 3.16. The summed E-state index contributed by atoms with van der Waals surface area (Å²) in [4.78, 5) is 19.3. The summed E-state index contributed by atoms with van der Waals surface area (Å²) >= 11 is 6.32. The Morgan fingerprint density at radius 3 is 2.67 bits per heavy atom. The van der Waals surface area contributed by atoms with Crippen LogP contribution < -0.4 is 10.1 Å². The fraction of sp³-hybridized carbons (Fsp3) is 0.304. The van der Waals surface area contributed by atoms with Gasteiger partial charge < -0.3 is 19.5 Å². The van der Waals surface area contributed by atoms with Crippen molar-refractivity contribution >= 4 is 23.3 Å². The quantitative estimate of drug-likeness (QED) is 0.532. The summed E-state index contributed by atoms with van der Waals surface area (Å²) in [7, 11) is 1.59. The molecule has 2 aromatic carbocycles. The van der Waals surface area contributed by atoms with Gasteiger partial charge in [0.15, 0.2) is 0 Å². The van der Waals surface area contributed by atoms with Gasteiger partial charge in [0.1, 0.15) is 11.6 Å². The number of imidazole rings is 1. The van der Waals surface area contributed by atoms with Crippen LogP contribution in [0.5, 0.6) is 5.75 Å². The van der Waals surface area contributed by atoms with Gasteiger partial charge in [-0.15, -0.1) is 0 Å².